The summed E-state index contributed by atoms with van der Waals surface area (Å²) >= 11 is 1.87. The summed E-state index contributed by atoms with van der Waals surface area (Å²) in [5.74, 6) is 1.16. The molecule has 0 fully saturated rings. The Kier molecular flexibility index (Phi) is 6.09. The Morgan fingerprint density at radius 1 is 1.31 bits per heavy atom. The van der Waals surface area contributed by atoms with Crippen molar-refractivity contribution < 1.29 is 0 Å². The molecule has 1 aromatic carbocycles. The molecule has 0 spiro atoms. The highest BCUT2D eigenvalue weighted by molar-refractivity contribution is 7.99. The molecule has 0 heterocycles. The topological polar surface area (TPSA) is 26.0 Å². The summed E-state index contributed by atoms with van der Waals surface area (Å²) in [7, 11) is 0. The molecule has 0 atom stereocenters. The SMILES string of the molecule is C=CCCCCCSc1cccc(C)c1N. The van der Waals surface area contributed by atoms with Crippen LogP contribution in [-0.4, -0.2) is 5.75 Å². The fourth-order valence-electron chi connectivity index (χ4n) is 1.53. The van der Waals surface area contributed by atoms with Gasteiger partial charge in [-0.1, -0.05) is 24.6 Å². The molecule has 16 heavy (non-hydrogen) atoms. The van der Waals surface area contributed by atoms with Crippen LogP contribution in [0.4, 0.5) is 5.69 Å². The Balaban J connectivity index is 2.26. The van der Waals surface area contributed by atoms with Gasteiger partial charge in [0, 0.05) is 10.6 Å². The van der Waals surface area contributed by atoms with Gasteiger partial charge in [-0.25, -0.2) is 0 Å². The van der Waals surface area contributed by atoms with Crippen LogP contribution in [0.3, 0.4) is 0 Å². The van der Waals surface area contributed by atoms with Gasteiger partial charge in [0.2, 0.25) is 0 Å². The fourth-order valence-corrected chi connectivity index (χ4v) is 2.59. The number of nitrogens with two attached hydrogens (primary N) is 1. The molecule has 0 aliphatic carbocycles. The van der Waals surface area contributed by atoms with Crippen molar-refractivity contribution in [1.82, 2.24) is 0 Å². The molecular formula is C14H21NS. The van der Waals surface area contributed by atoms with Crippen LogP contribution in [0.15, 0.2) is 35.7 Å². The van der Waals surface area contributed by atoms with Gasteiger partial charge >= 0.3 is 0 Å². The monoisotopic (exact) mass is 235 g/mol. The maximum absolute atomic E-state index is 6.01. The molecule has 1 nitrogen and oxygen atoms in total. The van der Waals surface area contributed by atoms with E-state index in [0.717, 1.165) is 17.9 Å². The van der Waals surface area contributed by atoms with E-state index < -0.39 is 0 Å². The Bertz CT molecular complexity index is 334. The van der Waals surface area contributed by atoms with Crippen LogP contribution in [0, 0.1) is 6.92 Å². The number of unbranched alkanes of at least 4 members (excludes halogenated alkanes) is 3. The van der Waals surface area contributed by atoms with E-state index in [-0.39, 0.29) is 0 Å². The molecular weight excluding hydrogens is 214 g/mol. The number of anilines is 1. The van der Waals surface area contributed by atoms with Crippen LogP contribution < -0.4 is 5.73 Å². The molecule has 0 radical (unpaired) electrons. The number of aryl methyl sites for hydroxylation is 1. The highest BCUT2D eigenvalue weighted by Crippen LogP contribution is 2.28. The molecule has 0 bridgehead atoms. The van der Waals surface area contributed by atoms with Gasteiger partial charge in [-0.3, -0.25) is 0 Å². The lowest BCUT2D eigenvalue weighted by Gasteiger charge is -2.07. The predicted octanol–water partition coefficient (Wildman–Crippen LogP) is 4.42. The molecule has 2 heteroatoms. The maximum atomic E-state index is 6.01. The molecule has 0 saturated carbocycles. The first-order valence-electron chi connectivity index (χ1n) is 5.84. The van der Waals surface area contributed by atoms with Gasteiger partial charge in [0.05, 0.1) is 0 Å². The van der Waals surface area contributed by atoms with Gasteiger partial charge < -0.3 is 5.73 Å². The Labute approximate surface area is 103 Å². The number of allylic oxidation sites excluding steroid dienone is 1. The molecule has 1 aromatic rings. The summed E-state index contributed by atoms with van der Waals surface area (Å²) < 4.78 is 0. The fraction of sp³-hybridized carbons (Fsp3) is 0.429. The second kappa shape index (κ2) is 7.39. The minimum Gasteiger partial charge on any atom is -0.398 e. The highest BCUT2D eigenvalue weighted by Gasteiger charge is 2.01. The largest absolute Gasteiger partial charge is 0.398 e. The number of para-hydroxylation sites is 1. The summed E-state index contributed by atoms with van der Waals surface area (Å²) in [5.41, 5.74) is 8.13. The third-order valence-corrected chi connectivity index (χ3v) is 3.75. The number of benzene rings is 1. The quantitative estimate of drug-likeness (QED) is 0.328. The van der Waals surface area contributed by atoms with E-state index in [1.807, 2.05) is 17.8 Å². The third kappa shape index (κ3) is 4.31. The van der Waals surface area contributed by atoms with Gasteiger partial charge in [0.1, 0.15) is 0 Å². The number of hydrogen-bond donors (Lipinski definition) is 1. The minimum atomic E-state index is 0.943. The molecule has 1 rings (SSSR count). The predicted molar refractivity (Wildman–Crippen MR) is 75.0 cm³/mol. The number of rotatable bonds is 7. The van der Waals surface area contributed by atoms with Crippen molar-refractivity contribution in [3.05, 3.63) is 36.4 Å². The molecule has 0 aliphatic heterocycles. The zero-order valence-corrected chi connectivity index (χ0v) is 10.9. The average molecular weight is 235 g/mol. The molecule has 2 N–H and O–H groups in total. The molecule has 0 aliphatic rings. The highest BCUT2D eigenvalue weighted by atomic mass is 32.2. The lowest BCUT2D eigenvalue weighted by Crippen LogP contribution is -1.92. The van der Waals surface area contributed by atoms with E-state index in [9.17, 15) is 0 Å². The summed E-state index contributed by atoms with van der Waals surface area (Å²) in [5, 5.41) is 0. The number of hydrogen-bond acceptors (Lipinski definition) is 2. The number of thioether (sulfide) groups is 1. The first-order chi connectivity index (χ1) is 7.75. The molecule has 0 unspecified atom stereocenters. The lowest BCUT2D eigenvalue weighted by atomic mass is 10.2. The van der Waals surface area contributed by atoms with Gasteiger partial charge in [-0.15, -0.1) is 18.3 Å². The second-order valence-corrected chi connectivity index (χ2v) is 5.11. The zero-order valence-electron chi connectivity index (χ0n) is 10.0. The van der Waals surface area contributed by atoms with Crippen LogP contribution in [0.2, 0.25) is 0 Å². The van der Waals surface area contributed by atoms with Gasteiger partial charge in [-0.05, 0) is 43.6 Å². The van der Waals surface area contributed by atoms with E-state index >= 15 is 0 Å². The van der Waals surface area contributed by atoms with Crippen LogP contribution in [-0.2, 0) is 0 Å². The molecule has 88 valence electrons. The molecule has 0 aromatic heterocycles. The van der Waals surface area contributed by atoms with Gasteiger partial charge in [-0.2, -0.15) is 0 Å². The van der Waals surface area contributed by atoms with Crippen molar-refractivity contribution >= 4 is 17.4 Å². The van der Waals surface area contributed by atoms with Crippen LogP contribution in [0.1, 0.15) is 31.2 Å². The Hall–Kier alpha value is -0.890. The average Bonchev–Trinajstić information content (AvgIpc) is 2.29. The van der Waals surface area contributed by atoms with Crippen molar-refractivity contribution in [2.24, 2.45) is 0 Å². The van der Waals surface area contributed by atoms with E-state index in [0.29, 0.717) is 0 Å². The summed E-state index contributed by atoms with van der Waals surface area (Å²) in [4.78, 5) is 1.23. The van der Waals surface area contributed by atoms with E-state index in [2.05, 4.69) is 31.7 Å². The molecule has 0 saturated heterocycles. The normalized spacial score (nSPS) is 10.3. The van der Waals surface area contributed by atoms with E-state index in [4.69, 9.17) is 5.73 Å². The smallest absolute Gasteiger partial charge is 0.0481 e. The Morgan fingerprint density at radius 3 is 2.88 bits per heavy atom. The summed E-state index contributed by atoms with van der Waals surface area (Å²) in [6.45, 7) is 5.78. The van der Waals surface area contributed by atoms with Crippen LogP contribution in [0.5, 0.6) is 0 Å². The van der Waals surface area contributed by atoms with E-state index in [1.54, 1.807) is 0 Å². The van der Waals surface area contributed by atoms with Crippen molar-refractivity contribution in [2.75, 3.05) is 11.5 Å². The van der Waals surface area contributed by atoms with E-state index in [1.165, 1.54) is 29.7 Å². The van der Waals surface area contributed by atoms with Gasteiger partial charge in [0.25, 0.3) is 0 Å². The van der Waals surface area contributed by atoms with Crippen molar-refractivity contribution in [1.29, 1.82) is 0 Å². The second-order valence-electron chi connectivity index (χ2n) is 3.97. The minimum absolute atomic E-state index is 0.943. The van der Waals surface area contributed by atoms with Crippen LogP contribution >= 0.6 is 11.8 Å². The first-order valence-corrected chi connectivity index (χ1v) is 6.83. The van der Waals surface area contributed by atoms with Crippen LogP contribution in [0.25, 0.3) is 0 Å². The van der Waals surface area contributed by atoms with Crippen molar-refractivity contribution in [3.8, 4) is 0 Å². The Morgan fingerprint density at radius 2 is 2.12 bits per heavy atom. The molecule has 0 amide bonds. The van der Waals surface area contributed by atoms with Gasteiger partial charge in [0.15, 0.2) is 0 Å². The zero-order chi connectivity index (χ0) is 11.8. The standard InChI is InChI=1S/C14H21NS/c1-3-4-5-6-7-11-16-13-10-8-9-12(2)14(13)15/h3,8-10H,1,4-7,11,15H2,2H3. The first kappa shape index (κ1) is 13.2. The van der Waals surface area contributed by atoms with Crippen molar-refractivity contribution in [2.45, 2.75) is 37.5 Å². The van der Waals surface area contributed by atoms with Crippen molar-refractivity contribution in [3.63, 3.8) is 0 Å². The number of nitrogen functional groups attached to an aromatic ring is 1. The maximum Gasteiger partial charge on any atom is 0.0481 e. The summed E-state index contributed by atoms with van der Waals surface area (Å²) in [6.07, 6.45) is 6.92. The third-order valence-electron chi connectivity index (χ3n) is 2.59. The lowest BCUT2D eigenvalue weighted by molar-refractivity contribution is 0.735. The summed E-state index contributed by atoms with van der Waals surface area (Å²) in [6, 6.07) is 6.24.